The molecule has 0 bridgehead atoms. The lowest BCUT2D eigenvalue weighted by atomic mass is 10.1. The van der Waals surface area contributed by atoms with Crippen LogP contribution in [-0.2, 0) is 0 Å². The summed E-state index contributed by atoms with van der Waals surface area (Å²) in [5.74, 6) is 0.289. The summed E-state index contributed by atoms with van der Waals surface area (Å²) in [5.41, 5.74) is 0.690. The lowest BCUT2D eigenvalue weighted by molar-refractivity contribution is 0.249. The van der Waals surface area contributed by atoms with Gasteiger partial charge in [-0.05, 0) is 18.6 Å². The fourth-order valence-electron chi connectivity index (χ4n) is 1.59. The fraction of sp³-hybridized carbons (Fsp3) is 0.154. The van der Waals surface area contributed by atoms with Gasteiger partial charge in [0.2, 0.25) is 0 Å². The van der Waals surface area contributed by atoms with Crippen LogP contribution < -0.4 is 16.2 Å². The van der Waals surface area contributed by atoms with E-state index in [4.69, 9.17) is 0 Å². The lowest BCUT2D eigenvalue weighted by Gasteiger charge is -2.14. The molecule has 98 valence electrons. The van der Waals surface area contributed by atoms with Crippen LogP contribution in [0.3, 0.4) is 0 Å². The lowest BCUT2D eigenvalue weighted by Crippen LogP contribution is -2.31. The third kappa shape index (κ3) is 3.67. The van der Waals surface area contributed by atoms with Crippen molar-refractivity contribution in [3.05, 3.63) is 58.4 Å². The van der Waals surface area contributed by atoms with Gasteiger partial charge in [0, 0.05) is 6.07 Å². The Morgan fingerprint density at radius 1 is 1.21 bits per heavy atom. The molecular formula is C13H14N4O2. The highest BCUT2D eigenvalue weighted by Gasteiger charge is 2.09. The minimum Gasteiger partial charge on any atom is -0.331 e. The van der Waals surface area contributed by atoms with E-state index in [9.17, 15) is 9.59 Å². The molecule has 1 atom stereocenters. The zero-order valence-electron chi connectivity index (χ0n) is 10.4. The van der Waals surface area contributed by atoms with E-state index in [2.05, 4.69) is 20.8 Å². The number of aromatic amines is 1. The average Bonchev–Trinajstić information content (AvgIpc) is 2.42. The second-order valence-electron chi connectivity index (χ2n) is 4.04. The number of urea groups is 1. The van der Waals surface area contributed by atoms with Crippen LogP contribution in [0.4, 0.5) is 10.6 Å². The van der Waals surface area contributed by atoms with Gasteiger partial charge in [-0.2, -0.15) is 5.10 Å². The zero-order valence-corrected chi connectivity index (χ0v) is 10.4. The molecule has 2 amide bonds. The highest BCUT2D eigenvalue weighted by atomic mass is 16.2. The molecular weight excluding hydrogens is 244 g/mol. The Balaban J connectivity index is 1.94. The highest BCUT2D eigenvalue weighted by Crippen LogP contribution is 2.11. The van der Waals surface area contributed by atoms with Gasteiger partial charge in [0.25, 0.3) is 5.56 Å². The van der Waals surface area contributed by atoms with Crippen LogP contribution in [0.15, 0.2) is 47.3 Å². The largest absolute Gasteiger partial charge is 0.331 e. The number of nitrogens with zero attached hydrogens (tertiary/aromatic N) is 1. The van der Waals surface area contributed by atoms with Crippen molar-refractivity contribution in [1.29, 1.82) is 0 Å². The van der Waals surface area contributed by atoms with Crippen LogP contribution in [0.5, 0.6) is 0 Å². The summed E-state index contributed by atoms with van der Waals surface area (Å²) in [5, 5.41) is 11.2. The van der Waals surface area contributed by atoms with Crippen LogP contribution in [0.1, 0.15) is 18.5 Å². The molecule has 0 saturated carbocycles. The number of hydrogen-bond acceptors (Lipinski definition) is 3. The van der Waals surface area contributed by atoms with Gasteiger partial charge in [-0.15, -0.1) is 0 Å². The zero-order chi connectivity index (χ0) is 13.7. The highest BCUT2D eigenvalue weighted by molar-refractivity contribution is 5.88. The van der Waals surface area contributed by atoms with E-state index >= 15 is 0 Å². The second kappa shape index (κ2) is 5.81. The van der Waals surface area contributed by atoms with E-state index in [0.29, 0.717) is 0 Å². The summed E-state index contributed by atoms with van der Waals surface area (Å²) >= 11 is 0. The van der Waals surface area contributed by atoms with Crippen molar-refractivity contribution in [2.45, 2.75) is 13.0 Å². The number of H-pyrrole nitrogens is 1. The number of rotatable bonds is 3. The molecule has 3 N–H and O–H groups in total. The average molecular weight is 258 g/mol. The van der Waals surface area contributed by atoms with Gasteiger partial charge in [0.1, 0.15) is 0 Å². The van der Waals surface area contributed by atoms with Crippen molar-refractivity contribution in [2.75, 3.05) is 5.32 Å². The van der Waals surface area contributed by atoms with Crippen LogP contribution in [0.2, 0.25) is 0 Å². The van der Waals surface area contributed by atoms with Crippen molar-refractivity contribution >= 4 is 11.8 Å². The molecule has 0 aliphatic heterocycles. The van der Waals surface area contributed by atoms with Gasteiger partial charge in [0.05, 0.1) is 6.04 Å². The van der Waals surface area contributed by atoms with Crippen molar-refractivity contribution < 1.29 is 4.79 Å². The van der Waals surface area contributed by atoms with Crippen LogP contribution in [0.25, 0.3) is 0 Å². The maximum Gasteiger partial charge on any atom is 0.320 e. The molecule has 1 unspecified atom stereocenters. The Morgan fingerprint density at radius 3 is 2.58 bits per heavy atom. The standard InChI is InChI=1S/C13H14N4O2/c1-9(10-5-3-2-4-6-10)14-13(19)15-11-7-8-12(18)17-16-11/h2-9H,1H3,(H,17,18)(H2,14,15,16,19). The number of benzene rings is 1. The molecule has 2 rings (SSSR count). The van der Waals surface area contributed by atoms with E-state index < -0.39 is 0 Å². The van der Waals surface area contributed by atoms with Crippen molar-refractivity contribution in [1.82, 2.24) is 15.5 Å². The van der Waals surface area contributed by atoms with Crippen molar-refractivity contribution in [3.63, 3.8) is 0 Å². The number of nitrogens with one attached hydrogen (secondary N) is 3. The number of anilines is 1. The monoisotopic (exact) mass is 258 g/mol. The predicted molar refractivity (Wildman–Crippen MR) is 71.9 cm³/mol. The molecule has 0 spiro atoms. The summed E-state index contributed by atoms with van der Waals surface area (Å²) in [6.45, 7) is 1.88. The van der Waals surface area contributed by atoms with Gasteiger partial charge in [-0.3, -0.25) is 10.1 Å². The third-order valence-corrected chi connectivity index (χ3v) is 2.57. The number of hydrogen-bond donors (Lipinski definition) is 3. The number of carbonyl (C=O) groups excluding carboxylic acids is 1. The number of aromatic nitrogens is 2. The first-order valence-electron chi connectivity index (χ1n) is 5.83. The summed E-state index contributed by atoms with van der Waals surface area (Å²) in [6, 6.07) is 11.8. The molecule has 1 aromatic carbocycles. The third-order valence-electron chi connectivity index (χ3n) is 2.57. The number of carbonyl (C=O) groups is 1. The minimum absolute atomic E-state index is 0.121. The van der Waals surface area contributed by atoms with Gasteiger partial charge < -0.3 is 5.32 Å². The van der Waals surface area contributed by atoms with Crippen LogP contribution in [-0.4, -0.2) is 16.2 Å². The first-order valence-corrected chi connectivity index (χ1v) is 5.83. The summed E-state index contributed by atoms with van der Waals surface area (Å²) in [7, 11) is 0. The topological polar surface area (TPSA) is 86.9 Å². The molecule has 1 aromatic heterocycles. The molecule has 0 aliphatic rings. The fourth-order valence-corrected chi connectivity index (χ4v) is 1.59. The smallest absolute Gasteiger partial charge is 0.320 e. The van der Waals surface area contributed by atoms with Crippen LogP contribution >= 0.6 is 0 Å². The Labute approximate surface area is 109 Å². The first-order chi connectivity index (χ1) is 9.15. The molecule has 19 heavy (non-hydrogen) atoms. The molecule has 0 radical (unpaired) electrons. The maximum atomic E-state index is 11.7. The SMILES string of the molecule is CC(NC(=O)Nc1ccc(=O)[nH]n1)c1ccccc1. The van der Waals surface area contributed by atoms with Gasteiger partial charge >= 0.3 is 6.03 Å². The summed E-state index contributed by atoms with van der Waals surface area (Å²) in [6.07, 6.45) is 0. The minimum atomic E-state index is -0.379. The Kier molecular flexibility index (Phi) is 3.92. The second-order valence-corrected chi connectivity index (χ2v) is 4.04. The van der Waals surface area contributed by atoms with E-state index in [0.717, 1.165) is 5.56 Å². The molecule has 0 saturated heterocycles. The first kappa shape index (κ1) is 12.8. The Morgan fingerprint density at radius 2 is 1.95 bits per heavy atom. The summed E-state index contributed by atoms with van der Waals surface area (Å²) in [4.78, 5) is 22.6. The maximum absolute atomic E-state index is 11.7. The normalized spacial score (nSPS) is 11.6. The van der Waals surface area contributed by atoms with E-state index in [1.165, 1.54) is 12.1 Å². The Hall–Kier alpha value is -2.63. The van der Waals surface area contributed by atoms with Crippen LogP contribution in [0, 0.1) is 0 Å². The van der Waals surface area contributed by atoms with Gasteiger partial charge in [0.15, 0.2) is 5.82 Å². The van der Waals surface area contributed by atoms with Crippen molar-refractivity contribution in [2.24, 2.45) is 0 Å². The molecule has 6 nitrogen and oxygen atoms in total. The van der Waals surface area contributed by atoms with Crippen molar-refractivity contribution in [3.8, 4) is 0 Å². The van der Waals surface area contributed by atoms with E-state index in [1.54, 1.807) is 0 Å². The quantitative estimate of drug-likeness (QED) is 0.782. The molecule has 0 aliphatic carbocycles. The molecule has 2 aromatic rings. The van der Waals surface area contributed by atoms with Gasteiger partial charge in [-0.25, -0.2) is 9.89 Å². The number of amides is 2. The predicted octanol–water partition coefficient (Wildman–Crippen LogP) is 1.65. The molecule has 1 heterocycles. The van der Waals surface area contributed by atoms with E-state index in [1.807, 2.05) is 37.3 Å². The summed E-state index contributed by atoms with van der Waals surface area (Å²) < 4.78 is 0. The molecule has 6 heteroatoms. The Bertz CT molecular complexity index is 589. The molecule has 0 fully saturated rings. The van der Waals surface area contributed by atoms with E-state index in [-0.39, 0.29) is 23.5 Å². The van der Waals surface area contributed by atoms with Gasteiger partial charge in [-0.1, -0.05) is 30.3 Å².